The molecule has 0 bridgehead atoms. The molecule has 0 spiro atoms. The maximum atomic E-state index is 13.1. The lowest BCUT2D eigenvalue weighted by Gasteiger charge is -2.26. The molecule has 7 heteroatoms. The SMILES string of the molecule is Cc1nn(C)c(C)c1S(=O)(=O)N1C(C)CC2CNCC21. The Morgan fingerprint density at radius 1 is 1.30 bits per heavy atom. The van der Waals surface area contributed by atoms with Crippen LogP contribution in [0.3, 0.4) is 0 Å². The van der Waals surface area contributed by atoms with E-state index < -0.39 is 10.0 Å². The number of hydrogen-bond donors (Lipinski definition) is 1. The summed E-state index contributed by atoms with van der Waals surface area (Å²) in [6.45, 7) is 7.28. The second kappa shape index (κ2) is 4.54. The summed E-state index contributed by atoms with van der Waals surface area (Å²) in [5.41, 5.74) is 1.30. The molecule has 1 N–H and O–H groups in total. The van der Waals surface area contributed by atoms with Gasteiger partial charge >= 0.3 is 0 Å². The van der Waals surface area contributed by atoms with Gasteiger partial charge in [-0.2, -0.15) is 9.40 Å². The Hall–Kier alpha value is -0.920. The maximum absolute atomic E-state index is 13.1. The molecule has 3 heterocycles. The molecular formula is C13H22N4O2S. The number of nitrogens with zero attached hydrogens (tertiary/aromatic N) is 3. The summed E-state index contributed by atoms with van der Waals surface area (Å²) in [6, 6.07) is 0.158. The van der Waals surface area contributed by atoms with Crippen molar-refractivity contribution in [2.24, 2.45) is 13.0 Å². The molecule has 1 aromatic rings. The minimum atomic E-state index is -3.47. The van der Waals surface area contributed by atoms with Gasteiger partial charge in [0.2, 0.25) is 10.0 Å². The number of sulfonamides is 1. The molecule has 1 aromatic heterocycles. The largest absolute Gasteiger partial charge is 0.315 e. The van der Waals surface area contributed by atoms with Crippen LogP contribution in [0.15, 0.2) is 4.90 Å². The quantitative estimate of drug-likeness (QED) is 0.858. The van der Waals surface area contributed by atoms with Crippen LogP contribution < -0.4 is 5.32 Å². The van der Waals surface area contributed by atoms with Crippen LogP contribution in [0.5, 0.6) is 0 Å². The molecule has 2 saturated heterocycles. The summed E-state index contributed by atoms with van der Waals surface area (Å²) >= 11 is 0. The number of hydrogen-bond acceptors (Lipinski definition) is 4. The first-order valence-electron chi connectivity index (χ1n) is 7.08. The standard InChI is InChI=1S/C13H22N4O2S/c1-8-5-11-6-14-7-12(11)17(8)20(18,19)13-9(2)15-16(4)10(13)3/h8,11-12,14H,5-7H2,1-4H3. The highest BCUT2D eigenvalue weighted by molar-refractivity contribution is 7.89. The van der Waals surface area contributed by atoms with Crippen molar-refractivity contribution in [2.75, 3.05) is 13.1 Å². The Morgan fingerprint density at radius 2 is 2.00 bits per heavy atom. The fourth-order valence-corrected chi connectivity index (χ4v) is 6.07. The number of aryl methyl sites for hydroxylation is 2. The smallest absolute Gasteiger partial charge is 0.247 e. The van der Waals surface area contributed by atoms with E-state index in [0.717, 1.165) is 19.5 Å². The Morgan fingerprint density at radius 3 is 2.60 bits per heavy atom. The summed E-state index contributed by atoms with van der Waals surface area (Å²) < 4.78 is 29.5. The van der Waals surface area contributed by atoms with Crippen molar-refractivity contribution in [1.82, 2.24) is 19.4 Å². The molecule has 2 aliphatic heterocycles. The molecule has 3 unspecified atom stereocenters. The lowest BCUT2D eigenvalue weighted by Crippen LogP contribution is -2.43. The predicted octanol–water partition coefficient (Wildman–Crippen LogP) is 0.408. The van der Waals surface area contributed by atoms with Crippen molar-refractivity contribution in [1.29, 1.82) is 0 Å². The highest BCUT2D eigenvalue weighted by atomic mass is 32.2. The van der Waals surface area contributed by atoms with Crippen LogP contribution >= 0.6 is 0 Å². The van der Waals surface area contributed by atoms with Gasteiger partial charge in [-0.3, -0.25) is 4.68 Å². The van der Waals surface area contributed by atoms with E-state index >= 15 is 0 Å². The van der Waals surface area contributed by atoms with Crippen LogP contribution in [-0.2, 0) is 17.1 Å². The highest BCUT2D eigenvalue weighted by Gasteiger charge is 2.48. The highest BCUT2D eigenvalue weighted by Crippen LogP contribution is 2.37. The van der Waals surface area contributed by atoms with Gasteiger partial charge in [-0.05, 0) is 39.7 Å². The monoisotopic (exact) mass is 298 g/mol. The first-order valence-corrected chi connectivity index (χ1v) is 8.52. The fourth-order valence-electron chi connectivity index (χ4n) is 3.77. The van der Waals surface area contributed by atoms with Crippen LogP contribution in [0.2, 0.25) is 0 Å². The van der Waals surface area contributed by atoms with E-state index in [-0.39, 0.29) is 12.1 Å². The van der Waals surface area contributed by atoms with Gasteiger partial charge in [0.05, 0.1) is 11.4 Å². The summed E-state index contributed by atoms with van der Waals surface area (Å²) in [6.07, 6.45) is 0.940. The van der Waals surface area contributed by atoms with Gasteiger partial charge in [-0.1, -0.05) is 0 Å². The summed E-state index contributed by atoms with van der Waals surface area (Å²) in [7, 11) is -1.69. The minimum Gasteiger partial charge on any atom is -0.315 e. The molecule has 0 saturated carbocycles. The molecule has 20 heavy (non-hydrogen) atoms. The number of rotatable bonds is 2. The van der Waals surface area contributed by atoms with Crippen LogP contribution in [0, 0.1) is 19.8 Å². The average molecular weight is 298 g/mol. The van der Waals surface area contributed by atoms with Crippen LogP contribution in [0.25, 0.3) is 0 Å². The number of nitrogens with one attached hydrogen (secondary N) is 1. The van der Waals surface area contributed by atoms with Crippen molar-refractivity contribution in [2.45, 2.75) is 44.2 Å². The topological polar surface area (TPSA) is 67.2 Å². The molecule has 2 aliphatic rings. The molecule has 6 nitrogen and oxygen atoms in total. The Balaban J connectivity index is 2.08. The van der Waals surface area contributed by atoms with Gasteiger partial charge in [0, 0.05) is 25.7 Å². The first-order chi connectivity index (χ1) is 9.34. The molecule has 0 radical (unpaired) electrons. The van der Waals surface area contributed by atoms with Gasteiger partial charge in [0.25, 0.3) is 0 Å². The Bertz CT molecular complexity index is 637. The van der Waals surface area contributed by atoms with Gasteiger partial charge in [0.1, 0.15) is 4.90 Å². The maximum Gasteiger partial charge on any atom is 0.247 e. The van der Waals surface area contributed by atoms with Crippen molar-refractivity contribution < 1.29 is 8.42 Å². The second-order valence-electron chi connectivity index (χ2n) is 6.03. The average Bonchev–Trinajstić information content (AvgIpc) is 2.93. The van der Waals surface area contributed by atoms with E-state index in [9.17, 15) is 8.42 Å². The van der Waals surface area contributed by atoms with E-state index in [0.29, 0.717) is 22.2 Å². The third kappa shape index (κ3) is 1.83. The fraction of sp³-hybridized carbons (Fsp3) is 0.769. The molecular weight excluding hydrogens is 276 g/mol. The molecule has 112 valence electrons. The normalized spacial score (nSPS) is 30.9. The summed E-state index contributed by atoms with van der Waals surface area (Å²) in [4.78, 5) is 0.388. The zero-order valence-electron chi connectivity index (χ0n) is 12.4. The number of fused-ring (bicyclic) bond motifs is 1. The van der Waals surface area contributed by atoms with Crippen molar-refractivity contribution in [3.63, 3.8) is 0 Å². The lowest BCUT2D eigenvalue weighted by atomic mass is 10.0. The van der Waals surface area contributed by atoms with Crippen LogP contribution in [-0.4, -0.2) is 47.7 Å². The predicted molar refractivity (Wildman–Crippen MR) is 75.9 cm³/mol. The van der Waals surface area contributed by atoms with Crippen molar-refractivity contribution in [3.8, 4) is 0 Å². The zero-order chi connectivity index (χ0) is 14.7. The summed E-state index contributed by atoms with van der Waals surface area (Å²) in [5, 5.41) is 7.56. The van der Waals surface area contributed by atoms with E-state index in [1.807, 2.05) is 13.8 Å². The van der Waals surface area contributed by atoms with E-state index in [2.05, 4.69) is 10.4 Å². The van der Waals surface area contributed by atoms with E-state index in [1.54, 1.807) is 23.0 Å². The molecule has 3 atom stereocenters. The second-order valence-corrected chi connectivity index (χ2v) is 7.81. The number of aromatic nitrogens is 2. The lowest BCUT2D eigenvalue weighted by molar-refractivity contribution is 0.335. The summed E-state index contributed by atoms with van der Waals surface area (Å²) in [5.74, 6) is 0.442. The van der Waals surface area contributed by atoms with Gasteiger partial charge in [-0.15, -0.1) is 0 Å². The molecule has 0 amide bonds. The van der Waals surface area contributed by atoms with Crippen LogP contribution in [0.4, 0.5) is 0 Å². The van der Waals surface area contributed by atoms with Crippen molar-refractivity contribution >= 4 is 10.0 Å². The van der Waals surface area contributed by atoms with E-state index in [1.165, 1.54) is 0 Å². The minimum absolute atomic E-state index is 0.0658. The van der Waals surface area contributed by atoms with Crippen LogP contribution in [0.1, 0.15) is 24.7 Å². The third-order valence-electron chi connectivity index (χ3n) is 4.69. The Labute approximate surface area is 120 Å². The van der Waals surface area contributed by atoms with Gasteiger partial charge in [0.15, 0.2) is 0 Å². The molecule has 2 fully saturated rings. The molecule has 0 aliphatic carbocycles. The molecule has 3 rings (SSSR count). The Kier molecular flexibility index (Phi) is 3.19. The first kappa shape index (κ1) is 14.0. The van der Waals surface area contributed by atoms with Gasteiger partial charge < -0.3 is 5.32 Å². The molecule has 0 aromatic carbocycles. The van der Waals surface area contributed by atoms with Crippen molar-refractivity contribution in [3.05, 3.63) is 11.4 Å². The van der Waals surface area contributed by atoms with E-state index in [4.69, 9.17) is 0 Å². The zero-order valence-corrected chi connectivity index (χ0v) is 13.2. The van der Waals surface area contributed by atoms with Gasteiger partial charge in [-0.25, -0.2) is 8.42 Å². The third-order valence-corrected chi connectivity index (χ3v) is 6.98.